The van der Waals surface area contributed by atoms with Crippen molar-refractivity contribution in [2.24, 2.45) is 16.1 Å². The topological polar surface area (TPSA) is 66.9 Å². The van der Waals surface area contributed by atoms with Crippen molar-refractivity contribution < 1.29 is 14.3 Å². The number of amides is 1. The molecule has 0 atom stereocenters. The van der Waals surface area contributed by atoms with Crippen LogP contribution in [0.25, 0.3) is 10.9 Å². The van der Waals surface area contributed by atoms with E-state index in [2.05, 4.69) is 10.2 Å². The minimum atomic E-state index is -0.403. The highest BCUT2D eigenvalue weighted by Gasteiger charge is 2.31. The lowest BCUT2D eigenvalue weighted by Crippen LogP contribution is -2.22. The summed E-state index contributed by atoms with van der Waals surface area (Å²) in [5.41, 5.74) is 0.513. The number of carbonyl (C=O) groups excluding carboxylic acids is 1. The molecule has 1 saturated heterocycles. The standard InChI is InChI=1S/C15H14FN3O2S/c16-11-3-1-2-10-12(17-18-14(20)8-4-5-8)15(21)19(13(10)11)9-6-22-7-9/h1-3,8-9,21H,4-7H2. The summed E-state index contributed by atoms with van der Waals surface area (Å²) in [7, 11) is 0. The third kappa shape index (κ3) is 2.11. The van der Waals surface area contributed by atoms with Gasteiger partial charge in [0, 0.05) is 22.8 Å². The number of hydrogen-bond donors (Lipinski definition) is 1. The van der Waals surface area contributed by atoms with E-state index in [9.17, 15) is 14.3 Å². The zero-order chi connectivity index (χ0) is 15.3. The van der Waals surface area contributed by atoms with Gasteiger partial charge in [-0.3, -0.25) is 4.79 Å². The van der Waals surface area contributed by atoms with E-state index in [4.69, 9.17) is 0 Å². The second-order valence-corrected chi connectivity index (χ2v) is 6.76. The third-order valence-electron chi connectivity index (χ3n) is 4.08. The molecule has 0 bridgehead atoms. The minimum Gasteiger partial charge on any atom is -0.493 e. The van der Waals surface area contributed by atoms with E-state index in [-0.39, 0.29) is 29.4 Å². The average Bonchev–Trinajstić information content (AvgIpc) is 3.24. The summed E-state index contributed by atoms with van der Waals surface area (Å²) in [6.45, 7) is 0. The Morgan fingerprint density at radius 2 is 2.14 bits per heavy atom. The average molecular weight is 319 g/mol. The Morgan fingerprint density at radius 1 is 1.36 bits per heavy atom. The van der Waals surface area contributed by atoms with E-state index in [1.165, 1.54) is 6.07 Å². The number of aromatic nitrogens is 1. The van der Waals surface area contributed by atoms with E-state index in [0.717, 1.165) is 24.3 Å². The van der Waals surface area contributed by atoms with Gasteiger partial charge in [0.1, 0.15) is 5.82 Å². The third-order valence-corrected chi connectivity index (χ3v) is 5.32. The first-order chi connectivity index (χ1) is 10.7. The fourth-order valence-electron chi connectivity index (χ4n) is 2.63. The van der Waals surface area contributed by atoms with E-state index in [1.807, 2.05) is 0 Å². The first-order valence-electron chi connectivity index (χ1n) is 7.21. The largest absolute Gasteiger partial charge is 0.493 e. The first kappa shape index (κ1) is 13.8. The Bertz CT molecular complexity index is 794. The summed E-state index contributed by atoms with van der Waals surface area (Å²) in [6.07, 6.45) is 1.69. The number of para-hydroxylation sites is 1. The second-order valence-electron chi connectivity index (χ2n) is 5.68. The molecule has 2 fully saturated rings. The lowest BCUT2D eigenvalue weighted by molar-refractivity contribution is -0.119. The molecule has 114 valence electrons. The molecule has 22 heavy (non-hydrogen) atoms. The smallest absolute Gasteiger partial charge is 0.267 e. The molecule has 2 aliphatic rings. The van der Waals surface area contributed by atoms with Crippen molar-refractivity contribution in [2.45, 2.75) is 18.9 Å². The van der Waals surface area contributed by atoms with Crippen LogP contribution in [-0.4, -0.2) is 27.1 Å². The summed E-state index contributed by atoms with van der Waals surface area (Å²) in [6, 6.07) is 4.67. The Balaban J connectivity index is 1.84. The second kappa shape index (κ2) is 5.08. The van der Waals surface area contributed by atoms with Gasteiger partial charge in [-0.1, -0.05) is 12.1 Å². The van der Waals surface area contributed by atoms with E-state index in [0.29, 0.717) is 10.9 Å². The molecule has 1 aliphatic heterocycles. The van der Waals surface area contributed by atoms with Crippen molar-refractivity contribution in [3.05, 3.63) is 24.0 Å². The first-order valence-corrected chi connectivity index (χ1v) is 8.37. The fraction of sp³-hybridized carbons (Fsp3) is 0.400. The maximum absolute atomic E-state index is 14.2. The molecule has 2 heterocycles. The predicted octanol–water partition coefficient (Wildman–Crippen LogP) is 3.79. The van der Waals surface area contributed by atoms with Crippen molar-refractivity contribution in [1.29, 1.82) is 0 Å². The highest BCUT2D eigenvalue weighted by atomic mass is 32.2. The predicted molar refractivity (Wildman–Crippen MR) is 82.2 cm³/mol. The van der Waals surface area contributed by atoms with Gasteiger partial charge in [-0.15, -0.1) is 10.2 Å². The zero-order valence-corrected chi connectivity index (χ0v) is 12.5. The van der Waals surface area contributed by atoms with Gasteiger partial charge in [0.05, 0.1) is 11.6 Å². The Morgan fingerprint density at radius 3 is 2.77 bits per heavy atom. The van der Waals surface area contributed by atoms with Gasteiger partial charge < -0.3 is 9.67 Å². The number of halogens is 1. The van der Waals surface area contributed by atoms with Gasteiger partial charge in [-0.25, -0.2) is 4.39 Å². The Labute approximate surface area is 130 Å². The van der Waals surface area contributed by atoms with E-state index in [1.54, 1.807) is 28.5 Å². The van der Waals surface area contributed by atoms with Crippen molar-refractivity contribution in [1.82, 2.24) is 4.57 Å². The van der Waals surface area contributed by atoms with E-state index >= 15 is 0 Å². The number of carbonyl (C=O) groups is 1. The normalized spacial score (nSPS) is 19.0. The molecule has 1 aliphatic carbocycles. The molecular formula is C15H14FN3O2S. The Kier molecular flexibility index (Phi) is 3.18. The Hall–Kier alpha value is -1.89. The lowest BCUT2D eigenvalue weighted by Gasteiger charge is -2.27. The molecule has 1 amide bonds. The molecular weight excluding hydrogens is 305 g/mol. The number of thioether (sulfide) groups is 1. The summed E-state index contributed by atoms with van der Waals surface area (Å²) in [5, 5.41) is 18.6. The van der Waals surface area contributed by atoms with Gasteiger partial charge in [0.15, 0.2) is 5.69 Å². The van der Waals surface area contributed by atoms with Gasteiger partial charge in [-0.2, -0.15) is 11.8 Å². The molecule has 0 spiro atoms. The monoisotopic (exact) mass is 319 g/mol. The summed E-state index contributed by atoms with van der Waals surface area (Å²) >= 11 is 1.74. The van der Waals surface area contributed by atoms with Crippen molar-refractivity contribution in [2.75, 3.05) is 11.5 Å². The molecule has 1 saturated carbocycles. The summed E-state index contributed by atoms with van der Waals surface area (Å²) < 4.78 is 15.8. The highest BCUT2D eigenvalue weighted by molar-refractivity contribution is 8.00. The number of rotatable bonds is 3. The van der Waals surface area contributed by atoms with Gasteiger partial charge in [0.25, 0.3) is 5.91 Å². The van der Waals surface area contributed by atoms with Gasteiger partial charge in [-0.05, 0) is 18.9 Å². The van der Waals surface area contributed by atoms with Crippen LogP contribution in [0.2, 0.25) is 0 Å². The van der Waals surface area contributed by atoms with Crippen LogP contribution in [0.15, 0.2) is 28.4 Å². The molecule has 1 aromatic carbocycles. The van der Waals surface area contributed by atoms with Crippen LogP contribution in [0, 0.1) is 11.7 Å². The van der Waals surface area contributed by atoms with Crippen molar-refractivity contribution >= 4 is 34.3 Å². The van der Waals surface area contributed by atoms with Gasteiger partial charge >= 0.3 is 0 Å². The van der Waals surface area contributed by atoms with Gasteiger partial charge in [0.2, 0.25) is 5.88 Å². The fourth-order valence-corrected chi connectivity index (χ4v) is 3.37. The van der Waals surface area contributed by atoms with Crippen LogP contribution in [0.3, 0.4) is 0 Å². The lowest BCUT2D eigenvalue weighted by atomic mass is 10.2. The van der Waals surface area contributed by atoms with Crippen molar-refractivity contribution in [3.8, 4) is 5.88 Å². The molecule has 0 unspecified atom stereocenters. The molecule has 2 aromatic rings. The number of nitrogens with zero attached hydrogens (tertiary/aromatic N) is 3. The minimum absolute atomic E-state index is 0.0287. The maximum Gasteiger partial charge on any atom is 0.267 e. The molecule has 1 aromatic heterocycles. The molecule has 1 N–H and O–H groups in total. The summed E-state index contributed by atoms with van der Waals surface area (Å²) in [5.74, 6) is 0.833. The summed E-state index contributed by atoms with van der Waals surface area (Å²) in [4.78, 5) is 11.7. The van der Waals surface area contributed by atoms with Crippen LogP contribution in [0.5, 0.6) is 5.88 Å². The number of hydrogen-bond acceptors (Lipinski definition) is 4. The van der Waals surface area contributed by atoms with Crippen LogP contribution in [-0.2, 0) is 4.79 Å². The number of azo groups is 1. The van der Waals surface area contributed by atoms with E-state index < -0.39 is 5.82 Å². The van der Waals surface area contributed by atoms with Crippen LogP contribution in [0.1, 0.15) is 18.9 Å². The highest BCUT2D eigenvalue weighted by Crippen LogP contribution is 2.45. The molecule has 5 nitrogen and oxygen atoms in total. The van der Waals surface area contributed by atoms with Crippen LogP contribution in [0.4, 0.5) is 10.1 Å². The number of benzene rings is 1. The SMILES string of the molecule is O=C(N=Nc1c(O)n(C2CSC2)c2c(F)cccc12)C1CC1. The maximum atomic E-state index is 14.2. The quantitative estimate of drug-likeness (QED) is 0.875. The van der Waals surface area contributed by atoms with Crippen molar-refractivity contribution in [3.63, 3.8) is 0 Å². The molecule has 0 radical (unpaired) electrons. The van der Waals surface area contributed by atoms with Crippen LogP contribution < -0.4 is 0 Å². The zero-order valence-electron chi connectivity index (χ0n) is 11.7. The molecule has 7 heteroatoms. The number of fused-ring (bicyclic) bond motifs is 1. The number of aromatic hydroxyl groups is 1. The molecule has 4 rings (SSSR count). The van der Waals surface area contributed by atoms with Crippen LogP contribution >= 0.6 is 11.8 Å².